The molecule has 0 aliphatic rings. The predicted octanol–water partition coefficient (Wildman–Crippen LogP) is 9.51. The summed E-state index contributed by atoms with van der Waals surface area (Å²) in [5.74, 6) is 0. The summed E-state index contributed by atoms with van der Waals surface area (Å²) in [4.78, 5) is 18.3. The Morgan fingerprint density at radius 3 is 1.08 bits per heavy atom. The molecule has 0 saturated heterocycles. The van der Waals surface area contributed by atoms with Crippen LogP contribution in [-0.4, -0.2) is 9.35 Å². The van der Waals surface area contributed by atoms with Gasteiger partial charge in [-0.3, -0.25) is 10.1 Å². The Bertz CT molecular complexity index is 948. The Kier molecular flexibility index (Phi) is 25.0. The van der Waals surface area contributed by atoms with E-state index in [0.29, 0.717) is 0 Å². The summed E-state index contributed by atoms with van der Waals surface area (Å²) in [5, 5.41) is 19.6. The van der Waals surface area contributed by atoms with Crippen LogP contribution in [0.5, 0.6) is 0 Å². The van der Waals surface area contributed by atoms with Crippen LogP contribution >= 0.6 is 22.6 Å². The summed E-state index contributed by atoms with van der Waals surface area (Å²) in [6, 6.07) is 0. The summed E-state index contributed by atoms with van der Waals surface area (Å²) in [6.07, 6.45) is 2.46. The second kappa shape index (κ2) is 21.6. The third-order valence-corrected chi connectivity index (χ3v) is 8.22. The molecule has 0 aliphatic heterocycles. The SMILES string of the molecule is C.CCCI.CCc1c(C)c(C)c(C)c(C)c1C.Cc1c(C)c(C)c(C[N+](=O)[O-])c(C)c1C.O=N[O-].[Ag]. The molecule has 37 heavy (non-hydrogen) atoms. The van der Waals surface area contributed by atoms with Crippen molar-refractivity contribution in [1.82, 2.24) is 0 Å². The van der Waals surface area contributed by atoms with Crippen LogP contribution in [0.15, 0.2) is 5.34 Å². The average Bonchev–Trinajstić information content (AvgIpc) is 2.83. The van der Waals surface area contributed by atoms with E-state index in [1.807, 2.05) is 27.7 Å². The van der Waals surface area contributed by atoms with Crippen LogP contribution in [0.3, 0.4) is 0 Å². The summed E-state index contributed by atoms with van der Waals surface area (Å²) < 4.78 is 1.29. The molecule has 217 valence electrons. The average molecular weight is 723 g/mol. The fraction of sp³-hybridized carbons (Fsp3) is 0.586. The number of hydrogen-bond acceptors (Lipinski definition) is 5. The van der Waals surface area contributed by atoms with Crippen LogP contribution in [0, 0.1) is 89.5 Å². The van der Waals surface area contributed by atoms with Crippen molar-refractivity contribution >= 4 is 22.6 Å². The van der Waals surface area contributed by atoms with Crippen LogP contribution in [0.2, 0.25) is 0 Å². The summed E-state index contributed by atoms with van der Waals surface area (Å²) in [5.41, 5.74) is 15.5. The minimum absolute atomic E-state index is 0. The van der Waals surface area contributed by atoms with Gasteiger partial charge in [0.15, 0.2) is 0 Å². The van der Waals surface area contributed by atoms with Gasteiger partial charge in [0.1, 0.15) is 0 Å². The van der Waals surface area contributed by atoms with E-state index < -0.39 is 0 Å². The molecule has 2 aromatic carbocycles. The minimum Gasteiger partial charge on any atom is -0.444 e. The van der Waals surface area contributed by atoms with Gasteiger partial charge in [0.05, 0.1) is 0 Å². The Morgan fingerprint density at radius 1 is 0.676 bits per heavy atom. The number of nitro groups is 1. The van der Waals surface area contributed by atoms with Crippen molar-refractivity contribution < 1.29 is 27.3 Å². The molecule has 2 aromatic rings. The molecule has 2 rings (SSSR count). The second-order valence-corrected chi connectivity index (χ2v) is 9.89. The zero-order chi connectivity index (χ0) is 28.0. The molecule has 0 spiro atoms. The van der Waals surface area contributed by atoms with Crippen LogP contribution in [0.4, 0.5) is 0 Å². The number of hydrogen-bond donors (Lipinski definition) is 0. The molecule has 0 unspecified atom stereocenters. The first kappa shape index (κ1) is 42.8. The molecule has 0 aromatic heterocycles. The maximum Gasteiger partial charge on any atom is 0.229 e. The molecule has 1 radical (unpaired) electrons. The van der Waals surface area contributed by atoms with Crippen molar-refractivity contribution in [2.75, 3.05) is 4.43 Å². The van der Waals surface area contributed by atoms with Gasteiger partial charge in [-0.1, -0.05) is 43.9 Å². The second-order valence-electron chi connectivity index (χ2n) is 8.82. The van der Waals surface area contributed by atoms with Crippen molar-refractivity contribution in [3.63, 3.8) is 0 Å². The molecule has 0 amide bonds. The van der Waals surface area contributed by atoms with E-state index in [4.69, 9.17) is 10.1 Å². The number of alkyl halides is 1. The normalized spacial score (nSPS) is 9.11. The van der Waals surface area contributed by atoms with Gasteiger partial charge in [-0.05, 0) is 148 Å². The Morgan fingerprint density at radius 2 is 0.892 bits per heavy atom. The third-order valence-electron chi connectivity index (χ3n) is 7.14. The zero-order valence-electron chi connectivity index (χ0n) is 24.0. The maximum atomic E-state index is 10.6. The largest absolute Gasteiger partial charge is 0.444 e. The van der Waals surface area contributed by atoms with Gasteiger partial charge in [-0.25, -0.2) is 0 Å². The van der Waals surface area contributed by atoms with Gasteiger partial charge >= 0.3 is 0 Å². The fourth-order valence-corrected chi connectivity index (χ4v) is 4.05. The number of benzene rings is 2. The van der Waals surface area contributed by atoms with E-state index >= 15 is 0 Å². The van der Waals surface area contributed by atoms with Crippen LogP contribution in [-0.2, 0) is 35.3 Å². The smallest absolute Gasteiger partial charge is 0.229 e. The Labute approximate surface area is 255 Å². The molecule has 8 heteroatoms. The number of nitrogens with zero attached hydrogens (tertiary/aromatic N) is 2. The van der Waals surface area contributed by atoms with E-state index in [-0.39, 0.29) is 41.3 Å². The quantitative estimate of drug-likeness (QED) is 0.0785. The maximum absolute atomic E-state index is 10.6. The molecule has 0 bridgehead atoms. The molecule has 6 nitrogen and oxygen atoms in total. The topological polar surface area (TPSA) is 95.6 Å². The van der Waals surface area contributed by atoms with Crippen molar-refractivity contribution in [2.24, 2.45) is 5.34 Å². The molecule has 0 atom stereocenters. The van der Waals surface area contributed by atoms with Gasteiger partial charge in [0.2, 0.25) is 6.54 Å². The molecular formula is C29H48AgIN2O4-. The molecule has 0 N–H and O–H groups in total. The molecule has 0 saturated carbocycles. The van der Waals surface area contributed by atoms with Crippen LogP contribution in [0.1, 0.15) is 94.5 Å². The molecule has 0 aliphatic carbocycles. The first-order valence-electron chi connectivity index (χ1n) is 11.9. The standard InChI is InChI=1S/C13H20.C12H17NO2.C3H7I.CH4.Ag.HNO2/c1-7-13-11(5)9(3)8(2)10(4)12(13)6;1-7-8(2)10(4)12(6-13(14)15)11(5)9(7)3;1-2-3-4;;;2-1-3/h7H2,1-6H3;6H2,1-5H3;2-3H2,1H3;1H4;;(H,2,3)/p-1. The van der Waals surface area contributed by atoms with Crippen molar-refractivity contribution in [3.05, 3.63) is 87.0 Å². The zero-order valence-corrected chi connectivity index (χ0v) is 27.7. The number of halogens is 1. The van der Waals surface area contributed by atoms with Gasteiger partial charge in [-0.15, -0.1) is 5.34 Å². The Hall–Kier alpha value is -1.29. The number of rotatable bonds is 4. The van der Waals surface area contributed by atoms with Gasteiger partial charge in [0.25, 0.3) is 0 Å². The van der Waals surface area contributed by atoms with E-state index in [2.05, 4.69) is 78.0 Å². The van der Waals surface area contributed by atoms with Gasteiger partial charge in [-0.2, -0.15) is 0 Å². The third kappa shape index (κ3) is 12.9. The van der Waals surface area contributed by atoms with Gasteiger partial charge < -0.3 is 10.1 Å². The summed E-state index contributed by atoms with van der Waals surface area (Å²) in [6.45, 7) is 25.6. The van der Waals surface area contributed by atoms with Crippen molar-refractivity contribution in [3.8, 4) is 0 Å². The van der Waals surface area contributed by atoms with Crippen LogP contribution in [0.25, 0.3) is 0 Å². The summed E-state index contributed by atoms with van der Waals surface area (Å²) >= 11 is 2.35. The molecule has 0 fully saturated rings. The molecule has 0 heterocycles. The van der Waals surface area contributed by atoms with E-state index in [9.17, 15) is 10.1 Å². The summed E-state index contributed by atoms with van der Waals surface area (Å²) in [7, 11) is 0. The minimum atomic E-state index is -0.260. The first-order chi connectivity index (χ1) is 16.2. The van der Waals surface area contributed by atoms with E-state index in [1.54, 1.807) is 5.56 Å². The van der Waals surface area contributed by atoms with Crippen molar-refractivity contribution in [1.29, 1.82) is 0 Å². The monoisotopic (exact) mass is 722 g/mol. The van der Waals surface area contributed by atoms with Gasteiger partial charge in [0, 0.05) is 32.9 Å². The van der Waals surface area contributed by atoms with Crippen molar-refractivity contribution in [2.45, 2.75) is 110 Å². The molecular weight excluding hydrogens is 675 g/mol. The first-order valence-corrected chi connectivity index (χ1v) is 13.5. The van der Waals surface area contributed by atoms with E-state index in [0.717, 1.165) is 28.5 Å². The van der Waals surface area contributed by atoms with E-state index in [1.165, 1.54) is 55.4 Å². The predicted molar refractivity (Wildman–Crippen MR) is 165 cm³/mol. The van der Waals surface area contributed by atoms with Crippen LogP contribution < -0.4 is 0 Å². The fourth-order valence-electron chi connectivity index (χ4n) is 4.05. The Balaban J connectivity index is -0.000000227.